The lowest BCUT2D eigenvalue weighted by atomic mass is 10.7. The molecule has 4 N–H and O–H groups in total. The van der Waals surface area contributed by atoms with E-state index in [0.29, 0.717) is 12.3 Å². The van der Waals surface area contributed by atoms with Crippen LogP contribution in [0.1, 0.15) is 0 Å². The lowest BCUT2D eigenvalue weighted by molar-refractivity contribution is 0.583. The van der Waals surface area contributed by atoms with Crippen molar-refractivity contribution in [1.29, 1.82) is 0 Å². The molecule has 0 saturated heterocycles. The normalized spacial score (nSPS) is 11.4. The fourth-order valence-corrected chi connectivity index (χ4v) is 2.25. The second-order valence-electron chi connectivity index (χ2n) is 2.78. The largest absolute Gasteiger partial charge is 0.292 e. The Hall–Kier alpha value is -0.900. The van der Waals surface area contributed by atoms with Crippen LogP contribution in [0.3, 0.4) is 0 Å². The van der Waals surface area contributed by atoms with E-state index in [2.05, 4.69) is 20.1 Å². The molecule has 0 spiro atoms. The number of hydrogen-bond donors (Lipinski definition) is 3. The summed E-state index contributed by atoms with van der Waals surface area (Å²) in [4.78, 5) is 7.46. The van der Waals surface area contributed by atoms with Crippen molar-refractivity contribution >= 4 is 27.7 Å². The van der Waals surface area contributed by atoms with Gasteiger partial charge < -0.3 is 0 Å². The number of hydrogen-bond acceptors (Lipinski definition) is 7. The molecule has 0 radical (unpaired) electrons. The van der Waals surface area contributed by atoms with Crippen LogP contribution < -0.4 is 16.0 Å². The number of hydrazine groups is 1. The van der Waals surface area contributed by atoms with Crippen molar-refractivity contribution in [2.24, 2.45) is 5.84 Å². The molecule has 0 aliphatic heterocycles. The maximum atomic E-state index is 11.7. The van der Waals surface area contributed by atoms with E-state index in [0.717, 1.165) is 0 Å². The number of thioether (sulfide) groups is 1. The Labute approximate surface area is 98.3 Å². The zero-order valence-corrected chi connectivity index (χ0v) is 10.3. The predicted molar refractivity (Wildman–Crippen MR) is 63.4 cm³/mol. The van der Waals surface area contributed by atoms with E-state index in [4.69, 9.17) is 5.84 Å². The second-order valence-corrected chi connectivity index (χ2v) is 5.53. The monoisotopic (exact) mass is 263 g/mol. The Morgan fingerprint density at radius 2 is 2.06 bits per heavy atom. The van der Waals surface area contributed by atoms with E-state index >= 15 is 0 Å². The van der Waals surface area contributed by atoms with E-state index in [1.165, 1.54) is 12.4 Å². The van der Waals surface area contributed by atoms with Crippen molar-refractivity contribution in [1.82, 2.24) is 14.7 Å². The molecular formula is C7H13N5O2S2. The standard InChI is InChI=1S/C7H13N5O2S2/c1-15-3-2-11-16(13,14)6-4-9-7(12-8)10-5-6/h4-5,11H,2-3,8H2,1H3,(H,9,10,12). The number of nitrogens with zero attached hydrogens (tertiary/aromatic N) is 2. The number of rotatable bonds is 6. The molecule has 0 aliphatic rings. The van der Waals surface area contributed by atoms with E-state index < -0.39 is 10.0 Å². The molecule has 0 aromatic carbocycles. The van der Waals surface area contributed by atoms with Gasteiger partial charge in [0.1, 0.15) is 4.90 Å². The van der Waals surface area contributed by atoms with Crippen LogP contribution in [-0.2, 0) is 10.0 Å². The minimum absolute atomic E-state index is 0.0209. The van der Waals surface area contributed by atoms with Gasteiger partial charge in [-0.2, -0.15) is 11.8 Å². The van der Waals surface area contributed by atoms with Gasteiger partial charge in [-0.1, -0.05) is 0 Å². The van der Waals surface area contributed by atoms with Gasteiger partial charge in [0.05, 0.1) is 12.4 Å². The van der Waals surface area contributed by atoms with Crippen LogP contribution in [0.5, 0.6) is 0 Å². The summed E-state index contributed by atoms with van der Waals surface area (Å²) in [7, 11) is -3.51. The zero-order chi connectivity index (χ0) is 12.0. The van der Waals surface area contributed by atoms with Crippen LogP contribution in [0.15, 0.2) is 17.3 Å². The minimum Gasteiger partial charge on any atom is -0.292 e. The smallest absolute Gasteiger partial charge is 0.243 e. The summed E-state index contributed by atoms with van der Waals surface area (Å²) in [6.07, 6.45) is 4.30. The third-order valence-electron chi connectivity index (χ3n) is 1.67. The van der Waals surface area contributed by atoms with Crippen molar-refractivity contribution in [3.05, 3.63) is 12.4 Å². The molecular weight excluding hydrogens is 250 g/mol. The molecule has 0 saturated carbocycles. The van der Waals surface area contributed by atoms with E-state index in [-0.39, 0.29) is 10.8 Å². The lowest BCUT2D eigenvalue weighted by Crippen LogP contribution is -2.26. The van der Waals surface area contributed by atoms with Crippen molar-refractivity contribution in [2.75, 3.05) is 24.0 Å². The van der Waals surface area contributed by atoms with Crippen LogP contribution in [0.4, 0.5) is 5.95 Å². The summed E-state index contributed by atoms with van der Waals surface area (Å²) in [5.41, 5.74) is 2.22. The van der Waals surface area contributed by atoms with Gasteiger partial charge in [0, 0.05) is 12.3 Å². The van der Waals surface area contributed by atoms with Crippen molar-refractivity contribution in [2.45, 2.75) is 4.90 Å². The maximum absolute atomic E-state index is 11.7. The number of nitrogens with two attached hydrogens (primary N) is 1. The summed E-state index contributed by atoms with van der Waals surface area (Å²) in [5, 5.41) is 0. The van der Waals surface area contributed by atoms with Crippen LogP contribution in [0, 0.1) is 0 Å². The van der Waals surface area contributed by atoms with Gasteiger partial charge in [-0.05, 0) is 6.26 Å². The first-order valence-electron chi connectivity index (χ1n) is 4.37. The first kappa shape index (κ1) is 13.2. The lowest BCUT2D eigenvalue weighted by Gasteiger charge is -2.05. The molecule has 90 valence electrons. The van der Waals surface area contributed by atoms with E-state index in [9.17, 15) is 8.42 Å². The molecule has 0 amide bonds. The van der Waals surface area contributed by atoms with Gasteiger partial charge >= 0.3 is 0 Å². The first-order valence-corrected chi connectivity index (χ1v) is 7.25. The molecule has 0 unspecified atom stereocenters. The number of nitrogens with one attached hydrogen (secondary N) is 2. The van der Waals surface area contributed by atoms with Crippen molar-refractivity contribution < 1.29 is 8.42 Å². The molecule has 1 aromatic heterocycles. The SMILES string of the molecule is CSCCNS(=O)(=O)c1cnc(NN)nc1. The van der Waals surface area contributed by atoms with Crippen molar-refractivity contribution in [3.63, 3.8) is 0 Å². The zero-order valence-electron chi connectivity index (χ0n) is 8.67. The summed E-state index contributed by atoms with van der Waals surface area (Å²) in [6, 6.07) is 0. The number of anilines is 1. The van der Waals surface area contributed by atoms with Gasteiger partial charge in [0.25, 0.3) is 0 Å². The Bertz CT molecular complexity index is 419. The molecule has 16 heavy (non-hydrogen) atoms. The number of aromatic nitrogens is 2. The van der Waals surface area contributed by atoms with Crippen LogP contribution in [-0.4, -0.2) is 36.9 Å². The number of nitrogen functional groups attached to an aromatic ring is 1. The maximum Gasteiger partial charge on any atom is 0.243 e. The third-order valence-corrected chi connectivity index (χ3v) is 3.69. The summed E-state index contributed by atoms with van der Waals surface area (Å²) in [5.74, 6) is 5.94. The molecule has 0 fully saturated rings. The summed E-state index contributed by atoms with van der Waals surface area (Å²) >= 11 is 1.56. The highest BCUT2D eigenvalue weighted by molar-refractivity contribution is 7.98. The minimum atomic E-state index is -3.51. The van der Waals surface area contributed by atoms with E-state index in [1.54, 1.807) is 11.8 Å². The molecule has 0 bridgehead atoms. The predicted octanol–water partition coefficient (Wildman–Crippen LogP) is -0.596. The highest BCUT2D eigenvalue weighted by Gasteiger charge is 2.14. The first-order chi connectivity index (χ1) is 7.60. The molecule has 9 heteroatoms. The summed E-state index contributed by atoms with van der Waals surface area (Å²) < 4.78 is 25.7. The Balaban J connectivity index is 2.74. The molecule has 7 nitrogen and oxygen atoms in total. The Morgan fingerprint density at radius 3 is 2.56 bits per heavy atom. The topological polar surface area (TPSA) is 110 Å². The highest BCUT2D eigenvalue weighted by Crippen LogP contribution is 2.06. The third kappa shape index (κ3) is 3.59. The summed E-state index contributed by atoms with van der Waals surface area (Å²) in [6.45, 7) is 0.375. The molecule has 1 heterocycles. The van der Waals surface area contributed by atoms with Crippen LogP contribution in [0.2, 0.25) is 0 Å². The Kier molecular flexibility index (Phi) is 4.93. The van der Waals surface area contributed by atoms with Gasteiger partial charge in [0.15, 0.2) is 0 Å². The molecule has 0 aliphatic carbocycles. The van der Waals surface area contributed by atoms with Crippen LogP contribution in [0.25, 0.3) is 0 Å². The fourth-order valence-electron chi connectivity index (χ4n) is 0.891. The highest BCUT2D eigenvalue weighted by atomic mass is 32.2. The molecule has 1 rings (SSSR count). The number of sulfonamides is 1. The van der Waals surface area contributed by atoms with Crippen molar-refractivity contribution in [3.8, 4) is 0 Å². The molecule has 1 aromatic rings. The quantitative estimate of drug-likeness (QED) is 0.357. The average molecular weight is 263 g/mol. The van der Waals surface area contributed by atoms with Gasteiger partial charge in [-0.3, -0.25) is 5.43 Å². The average Bonchev–Trinajstić information content (AvgIpc) is 2.29. The van der Waals surface area contributed by atoms with Gasteiger partial charge in [-0.25, -0.2) is 29.0 Å². The van der Waals surface area contributed by atoms with Gasteiger partial charge in [0.2, 0.25) is 16.0 Å². The van der Waals surface area contributed by atoms with E-state index in [1.807, 2.05) is 6.26 Å². The second kappa shape index (κ2) is 5.99. The Morgan fingerprint density at radius 1 is 1.44 bits per heavy atom. The fraction of sp³-hybridized carbons (Fsp3) is 0.429. The van der Waals surface area contributed by atoms with Crippen LogP contribution >= 0.6 is 11.8 Å². The molecule has 0 atom stereocenters. The van der Waals surface area contributed by atoms with Gasteiger partial charge in [-0.15, -0.1) is 0 Å².